The van der Waals surface area contributed by atoms with Crippen molar-refractivity contribution in [1.29, 1.82) is 0 Å². The minimum absolute atomic E-state index is 0.0685. The van der Waals surface area contributed by atoms with E-state index in [1.165, 1.54) is 0 Å². The summed E-state index contributed by atoms with van der Waals surface area (Å²) in [7, 11) is 1.59. The van der Waals surface area contributed by atoms with Crippen LogP contribution in [0, 0.1) is 0 Å². The Balaban J connectivity index is 1.94. The molecule has 0 bridgehead atoms. The number of nitrogens with zero attached hydrogens (tertiary/aromatic N) is 2. The fraction of sp³-hybridized carbons (Fsp3) is 0.667. The van der Waals surface area contributed by atoms with Crippen LogP contribution in [-0.2, 0) is 9.47 Å². The number of rotatable bonds is 5. The zero-order valence-electron chi connectivity index (χ0n) is 11.2. The van der Waals surface area contributed by atoms with Gasteiger partial charge in [-0.1, -0.05) is 5.16 Å². The number of morpholine rings is 1. The van der Waals surface area contributed by atoms with E-state index in [2.05, 4.69) is 10.5 Å². The molecule has 0 saturated carbocycles. The zero-order chi connectivity index (χ0) is 13.7. The van der Waals surface area contributed by atoms with Crippen molar-refractivity contribution < 1.29 is 18.8 Å². The SMILES string of the molecule is COC[C@H](C)NC(=O)c1cc(N2CCOCC2)on1. The molecular formula is C12H19N3O4. The minimum Gasteiger partial charge on any atom is -0.383 e. The predicted octanol–water partition coefficient (Wildman–Crippen LogP) is 0.276. The summed E-state index contributed by atoms with van der Waals surface area (Å²) in [4.78, 5) is 13.9. The standard InChI is InChI=1S/C12H19N3O4/c1-9(8-17-2)13-12(16)10-7-11(19-14-10)15-3-5-18-6-4-15/h7,9H,3-6,8H2,1-2H3,(H,13,16)/t9-/m0/s1. The molecule has 1 saturated heterocycles. The maximum atomic E-state index is 11.9. The van der Waals surface area contributed by atoms with Gasteiger partial charge in [-0.05, 0) is 6.92 Å². The molecule has 7 nitrogen and oxygen atoms in total. The molecule has 2 heterocycles. The third kappa shape index (κ3) is 3.68. The second kappa shape index (κ2) is 6.53. The number of ether oxygens (including phenoxy) is 2. The lowest BCUT2D eigenvalue weighted by atomic mass is 10.3. The molecule has 1 aliphatic heterocycles. The summed E-state index contributed by atoms with van der Waals surface area (Å²) < 4.78 is 15.4. The molecule has 1 aliphatic rings. The van der Waals surface area contributed by atoms with Gasteiger partial charge in [0.2, 0.25) is 5.88 Å². The van der Waals surface area contributed by atoms with E-state index in [-0.39, 0.29) is 17.6 Å². The van der Waals surface area contributed by atoms with Gasteiger partial charge in [0.15, 0.2) is 5.69 Å². The van der Waals surface area contributed by atoms with Crippen LogP contribution >= 0.6 is 0 Å². The summed E-state index contributed by atoms with van der Waals surface area (Å²) in [5.74, 6) is 0.348. The molecule has 0 aromatic carbocycles. The second-order valence-corrected chi connectivity index (χ2v) is 4.48. The highest BCUT2D eigenvalue weighted by molar-refractivity contribution is 5.93. The van der Waals surface area contributed by atoms with E-state index in [4.69, 9.17) is 14.0 Å². The van der Waals surface area contributed by atoms with E-state index in [9.17, 15) is 4.79 Å². The number of hydrogen-bond acceptors (Lipinski definition) is 6. The summed E-state index contributed by atoms with van der Waals surface area (Å²) in [6.45, 7) is 5.14. The molecule has 7 heteroatoms. The van der Waals surface area contributed by atoms with Crippen LogP contribution in [0.2, 0.25) is 0 Å². The van der Waals surface area contributed by atoms with Crippen molar-refractivity contribution in [3.05, 3.63) is 11.8 Å². The van der Waals surface area contributed by atoms with E-state index in [0.29, 0.717) is 25.7 Å². The third-order valence-corrected chi connectivity index (χ3v) is 2.85. The van der Waals surface area contributed by atoms with Crippen LogP contribution in [-0.4, -0.2) is 57.1 Å². The van der Waals surface area contributed by atoms with Gasteiger partial charge in [0.1, 0.15) is 0 Å². The highest BCUT2D eigenvalue weighted by Crippen LogP contribution is 2.17. The van der Waals surface area contributed by atoms with E-state index in [1.54, 1.807) is 13.2 Å². The first-order valence-electron chi connectivity index (χ1n) is 6.30. The van der Waals surface area contributed by atoms with Crippen molar-refractivity contribution in [2.75, 3.05) is 44.9 Å². The first-order chi connectivity index (χ1) is 9.20. The topological polar surface area (TPSA) is 76.8 Å². The van der Waals surface area contributed by atoms with Gasteiger partial charge in [-0.15, -0.1) is 0 Å². The first-order valence-corrected chi connectivity index (χ1v) is 6.30. The molecule has 1 fully saturated rings. The molecule has 0 spiro atoms. The Morgan fingerprint density at radius 1 is 1.58 bits per heavy atom. The van der Waals surface area contributed by atoms with Gasteiger partial charge < -0.3 is 24.2 Å². The maximum Gasteiger partial charge on any atom is 0.273 e. The van der Waals surface area contributed by atoms with Crippen molar-refractivity contribution in [2.24, 2.45) is 0 Å². The lowest BCUT2D eigenvalue weighted by Gasteiger charge is -2.25. The van der Waals surface area contributed by atoms with Gasteiger partial charge in [-0.25, -0.2) is 0 Å². The molecule has 2 rings (SSSR count). The van der Waals surface area contributed by atoms with Gasteiger partial charge in [-0.2, -0.15) is 0 Å². The Hall–Kier alpha value is -1.60. The number of aromatic nitrogens is 1. The maximum absolute atomic E-state index is 11.9. The summed E-state index contributed by atoms with van der Waals surface area (Å²) in [6, 6.07) is 1.58. The number of methoxy groups -OCH3 is 1. The van der Waals surface area contributed by atoms with E-state index in [1.807, 2.05) is 11.8 Å². The molecule has 1 atom stereocenters. The van der Waals surface area contributed by atoms with Crippen LogP contribution in [0.25, 0.3) is 0 Å². The molecule has 1 aromatic rings. The summed E-state index contributed by atoms with van der Waals surface area (Å²) in [5.41, 5.74) is 0.282. The van der Waals surface area contributed by atoms with Crippen molar-refractivity contribution in [3.8, 4) is 0 Å². The monoisotopic (exact) mass is 269 g/mol. The lowest BCUT2D eigenvalue weighted by molar-refractivity contribution is 0.0896. The number of nitrogens with one attached hydrogen (secondary N) is 1. The molecule has 0 aliphatic carbocycles. The van der Waals surface area contributed by atoms with Crippen LogP contribution in [0.3, 0.4) is 0 Å². The fourth-order valence-electron chi connectivity index (χ4n) is 1.89. The quantitative estimate of drug-likeness (QED) is 0.827. The molecule has 106 valence electrons. The van der Waals surface area contributed by atoms with Crippen molar-refractivity contribution in [1.82, 2.24) is 10.5 Å². The number of hydrogen-bond donors (Lipinski definition) is 1. The Morgan fingerprint density at radius 3 is 3.00 bits per heavy atom. The van der Waals surface area contributed by atoms with Gasteiger partial charge in [0.05, 0.1) is 19.8 Å². The molecule has 1 N–H and O–H groups in total. The van der Waals surface area contributed by atoms with E-state index in [0.717, 1.165) is 13.1 Å². The largest absolute Gasteiger partial charge is 0.383 e. The molecule has 19 heavy (non-hydrogen) atoms. The van der Waals surface area contributed by atoms with Crippen LogP contribution in [0.5, 0.6) is 0 Å². The van der Waals surface area contributed by atoms with Crippen LogP contribution in [0.1, 0.15) is 17.4 Å². The second-order valence-electron chi connectivity index (χ2n) is 4.48. The average molecular weight is 269 g/mol. The summed E-state index contributed by atoms with van der Waals surface area (Å²) >= 11 is 0. The smallest absolute Gasteiger partial charge is 0.273 e. The molecule has 1 aromatic heterocycles. The van der Waals surface area contributed by atoms with Crippen LogP contribution in [0.15, 0.2) is 10.6 Å². The summed E-state index contributed by atoms with van der Waals surface area (Å²) in [6.07, 6.45) is 0. The van der Waals surface area contributed by atoms with Gasteiger partial charge >= 0.3 is 0 Å². The molecule has 1 amide bonds. The molecular weight excluding hydrogens is 250 g/mol. The third-order valence-electron chi connectivity index (χ3n) is 2.85. The number of carbonyl (C=O) groups is 1. The van der Waals surface area contributed by atoms with Crippen molar-refractivity contribution in [3.63, 3.8) is 0 Å². The Labute approximate surface area is 111 Å². The Bertz CT molecular complexity index is 415. The fourth-order valence-corrected chi connectivity index (χ4v) is 1.89. The lowest BCUT2D eigenvalue weighted by Crippen LogP contribution is -2.36. The molecule has 0 unspecified atom stereocenters. The normalized spacial score (nSPS) is 17.3. The summed E-state index contributed by atoms with van der Waals surface area (Å²) in [5, 5.41) is 6.58. The predicted molar refractivity (Wildman–Crippen MR) is 68.3 cm³/mol. The number of carbonyl (C=O) groups excluding carboxylic acids is 1. The van der Waals surface area contributed by atoms with Crippen LogP contribution in [0.4, 0.5) is 5.88 Å². The zero-order valence-corrected chi connectivity index (χ0v) is 11.2. The Kier molecular flexibility index (Phi) is 4.75. The first kappa shape index (κ1) is 13.8. The highest BCUT2D eigenvalue weighted by atomic mass is 16.5. The highest BCUT2D eigenvalue weighted by Gasteiger charge is 2.19. The van der Waals surface area contributed by atoms with Gasteiger partial charge in [-0.3, -0.25) is 4.79 Å². The van der Waals surface area contributed by atoms with E-state index >= 15 is 0 Å². The average Bonchev–Trinajstić information content (AvgIpc) is 2.89. The number of anilines is 1. The van der Waals surface area contributed by atoms with Crippen LogP contribution < -0.4 is 10.2 Å². The minimum atomic E-state index is -0.257. The van der Waals surface area contributed by atoms with Gasteiger partial charge in [0.25, 0.3) is 5.91 Å². The number of amides is 1. The molecule has 0 radical (unpaired) electrons. The van der Waals surface area contributed by atoms with Crippen molar-refractivity contribution >= 4 is 11.8 Å². The van der Waals surface area contributed by atoms with E-state index < -0.39 is 0 Å². The Morgan fingerprint density at radius 2 is 2.32 bits per heavy atom. The van der Waals surface area contributed by atoms with Crippen molar-refractivity contribution in [2.45, 2.75) is 13.0 Å². The van der Waals surface area contributed by atoms with Gasteiger partial charge in [0, 0.05) is 32.3 Å².